The van der Waals surface area contributed by atoms with Crippen molar-refractivity contribution in [3.05, 3.63) is 70.4 Å². The molecule has 2 aliphatic heterocycles. The van der Waals surface area contributed by atoms with Gasteiger partial charge in [0.05, 0.1) is 16.8 Å². The number of sulfonamides is 1. The first-order valence-corrected chi connectivity index (χ1v) is 16.7. The van der Waals surface area contributed by atoms with E-state index in [2.05, 4.69) is 27.0 Å². The monoisotopic (exact) mass is 671 g/mol. The Morgan fingerprint density at radius 3 is 2.65 bits per heavy atom. The first-order valence-electron chi connectivity index (χ1n) is 14.8. The molecular weight excluding hydrogens is 640 g/mol. The summed E-state index contributed by atoms with van der Waals surface area (Å²) in [4.78, 5) is 22.6. The van der Waals surface area contributed by atoms with Crippen LogP contribution < -0.4 is 14.8 Å². The second-order valence-electron chi connectivity index (χ2n) is 11.5. The summed E-state index contributed by atoms with van der Waals surface area (Å²) in [5, 5.41) is 4.03. The van der Waals surface area contributed by atoms with Crippen LogP contribution in [0.1, 0.15) is 43.9 Å². The molecule has 10 nitrogen and oxygen atoms in total. The van der Waals surface area contributed by atoms with Crippen LogP contribution in [0.2, 0.25) is 5.02 Å². The molecule has 0 spiro atoms. The fraction of sp³-hybridized carbons (Fsp3) is 0.344. The summed E-state index contributed by atoms with van der Waals surface area (Å²) in [6.07, 6.45) is 3.22. The topological polar surface area (TPSA) is 123 Å². The molecule has 1 atom stereocenters. The van der Waals surface area contributed by atoms with Gasteiger partial charge in [-0.15, -0.1) is 0 Å². The highest BCUT2D eigenvalue weighted by atomic mass is 35.5. The minimum Gasteiger partial charge on any atom is -0.487 e. The number of fused-ring (bicyclic) bond motifs is 2. The van der Waals surface area contributed by atoms with Gasteiger partial charge >= 0.3 is 5.97 Å². The van der Waals surface area contributed by atoms with E-state index >= 15 is 8.78 Å². The molecule has 1 fully saturated rings. The van der Waals surface area contributed by atoms with Crippen molar-refractivity contribution < 1.29 is 31.5 Å². The van der Waals surface area contributed by atoms with Crippen molar-refractivity contribution in [3.63, 3.8) is 0 Å². The highest BCUT2D eigenvalue weighted by Gasteiger charge is 2.34. The second kappa shape index (κ2) is 12.6. The van der Waals surface area contributed by atoms with Crippen LogP contribution in [-0.4, -0.2) is 62.0 Å². The molecule has 6 rings (SSSR count). The normalized spacial score (nSPS) is 17.0. The first-order chi connectivity index (χ1) is 21.9. The molecular formula is C32H32ClF2N5O5S. The van der Waals surface area contributed by atoms with Crippen molar-refractivity contribution in [1.29, 1.82) is 0 Å². The molecule has 4 aromatic rings. The molecule has 2 aliphatic rings. The Balaban J connectivity index is 1.33. The van der Waals surface area contributed by atoms with Crippen LogP contribution in [0.3, 0.4) is 0 Å². The summed E-state index contributed by atoms with van der Waals surface area (Å²) < 4.78 is 71.5. The molecule has 242 valence electrons. The predicted molar refractivity (Wildman–Crippen MR) is 171 cm³/mol. The Bertz CT molecular complexity index is 1950. The summed E-state index contributed by atoms with van der Waals surface area (Å²) in [5.74, 6) is -2.14. The van der Waals surface area contributed by atoms with Crippen LogP contribution in [0.4, 0.5) is 20.4 Å². The van der Waals surface area contributed by atoms with E-state index in [1.165, 1.54) is 13.0 Å². The van der Waals surface area contributed by atoms with Gasteiger partial charge in [0.15, 0.2) is 11.9 Å². The summed E-state index contributed by atoms with van der Waals surface area (Å²) in [6, 6.07) is 8.07. The minimum absolute atomic E-state index is 0.0391. The second-order valence-corrected chi connectivity index (χ2v) is 13.6. The fourth-order valence-corrected chi connectivity index (χ4v) is 7.41. The molecule has 2 N–H and O–H groups in total. The van der Waals surface area contributed by atoms with Gasteiger partial charge in [-0.1, -0.05) is 18.5 Å². The molecule has 1 aromatic heterocycles. The van der Waals surface area contributed by atoms with Crippen LogP contribution in [0.15, 0.2) is 47.5 Å². The number of benzene rings is 3. The maximum Gasteiger partial charge on any atom is 0.303 e. The smallest absolute Gasteiger partial charge is 0.303 e. The number of ether oxygens (including phenoxy) is 2. The lowest BCUT2D eigenvalue weighted by Gasteiger charge is -2.29. The van der Waals surface area contributed by atoms with Gasteiger partial charge in [0.1, 0.15) is 23.1 Å². The Morgan fingerprint density at radius 2 is 1.93 bits per heavy atom. The lowest BCUT2D eigenvalue weighted by Crippen LogP contribution is -2.37. The van der Waals surface area contributed by atoms with Gasteiger partial charge in [0.25, 0.3) is 10.0 Å². The van der Waals surface area contributed by atoms with Gasteiger partial charge in [-0.25, -0.2) is 27.2 Å². The van der Waals surface area contributed by atoms with Crippen molar-refractivity contribution in [1.82, 2.24) is 14.9 Å². The van der Waals surface area contributed by atoms with Gasteiger partial charge < -0.3 is 19.7 Å². The van der Waals surface area contributed by atoms with Crippen molar-refractivity contribution in [3.8, 4) is 16.9 Å². The summed E-state index contributed by atoms with van der Waals surface area (Å²) >= 11 is 6.21. The van der Waals surface area contributed by atoms with E-state index in [0.29, 0.717) is 23.3 Å². The van der Waals surface area contributed by atoms with E-state index in [9.17, 15) is 13.2 Å². The lowest BCUT2D eigenvalue weighted by molar-refractivity contribution is -0.147. The molecule has 0 bridgehead atoms. The van der Waals surface area contributed by atoms with E-state index in [-0.39, 0.29) is 39.4 Å². The van der Waals surface area contributed by atoms with Crippen molar-refractivity contribution in [2.45, 2.75) is 50.2 Å². The van der Waals surface area contributed by atoms with Crippen molar-refractivity contribution in [2.75, 3.05) is 36.8 Å². The number of carbonyl (C=O) groups is 1. The van der Waals surface area contributed by atoms with E-state index in [0.717, 1.165) is 49.7 Å². The molecule has 0 aliphatic carbocycles. The first kappa shape index (κ1) is 31.9. The highest BCUT2D eigenvalue weighted by molar-refractivity contribution is 7.92. The molecule has 0 radical (unpaired) electrons. The largest absolute Gasteiger partial charge is 0.487 e. The van der Waals surface area contributed by atoms with Gasteiger partial charge in [0.2, 0.25) is 5.95 Å². The predicted octanol–water partition coefficient (Wildman–Crippen LogP) is 6.09. The van der Waals surface area contributed by atoms with Crippen molar-refractivity contribution >= 4 is 50.1 Å². The zero-order valence-electron chi connectivity index (χ0n) is 25.4. The number of esters is 1. The molecule has 0 saturated carbocycles. The van der Waals surface area contributed by atoms with E-state index < -0.39 is 45.0 Å². The van der Waals surface area contributed by atoms with Gasteiger partial charge in [-0.3, -0.25) is 9.52 Å². The Labute approximate surface area is 270 Å². The number of hydrogen-bond donors (Lipinski definition) is 2. The number of likely N-dealkylation sites (tertiary alicyclic amines) is 1. The molecule has 3 heterocycles. The number of aryl methyl sites for hydroxylation is 1. The van der Waals surface area contributed by atoms with Crippen LogP contribution in [-0.2, 0) is 26.0 Å². The average Bonchev–Trinajstić information content (AvgIpc) is 3.40. The maximum absolute atomic E-state index is 16.1. The number of nitrogens with one attached hydrogen (secondary N) is 2. The zero-order valence-corrected chi connectivity index (χ0v) is 26.9. The third kappa shape index (κ3) is 6.31. The van der Waals surface area contributed by atoms with E-state index in [1.54, 1.807) is 18.3 Å². The number of rotatable bonds is 8. The molecule has 0 unspecified atom stereocenters. The van der Waals surface area contributed by atoms with Gasteiger partial charge in [-0.2, -0.15) is 0 Å². The van der Waals surface area contributed by atoms with Crippen LogP contribution in [0, 0.1) is 11.6 Å². The molecule has 46 heavy (non-hydrogen) atoms. The number of piperidine rings is 1. The third-order valence-electron chi connectivity index (χ3n) is 8.19. The Kier molecular flexibility index (Phi) is 8.75. The zero-order chi connectivity index (χ0) is 32.7. The SMILES string of the molecule is CCc1cc(-c2c(F)ccc(NS(=O)(=O)c3cc(Cl)cc4c3OC[C@H]4OC(C)=O)c2F)cc2cnc(NC3CCN(C)CC3)nc12. The molecule has 3 aromatic carbocycles. The highest BCUT2D eigenvalue weighted by Crippen LogP contribution is 2.43. The Morgan fingerprint density at radius 1 is 1.17 bits per heavy atom. The van der Waals surface area contributed by atoms with Crippen LogP contribution >= 0.6 is 11.6 Å². The van der Waals surface area contributed by atoms with Gasteiger partial charge in [-0.05, 0) is 86.9 Å². The average molecular weight is 672 g/mol. The van der Waals surface area contributed by atoms with Crippen molar-refractivity contribution in [2.24, 2.45) is 0 Å². The third-order valence-corrected chi connectivity index (χ3v) is 9.78. The number of halogens is 3. The quantitative estimate of drug-likeness (QED) is 0.214. The van der Waals surface area contributed by atoms with E-state index in [1.807, 2.05) is 6.92 Å². The van der Waals surface area contributed by atoms with E-state index in [4.69, 9.17) is 26.1 Å². The number of nitrogens with zero attached hydrogens (tertiary/aromatic N) is 3. The standard InChI is InChI=1S/C32H32ClF2N5O5S/c1-4-18-11-19(12-20-15-36-32(38-30(18)20)37-22-7-9-40(3)10-8-22)28-24(34)5-6-25(29(28)35)39-46(42,43)27-14-21(33)13-23-26(45-17(2)41)16-44-31(23)27/h5-6,11-15,22,26,39H,4,7-10,16H2,1-3H3,(H,36,37,38)/t26-/m1/s1. The fourth-order valence-electron chi connectivity index (χ4n) is 5.86. The maximum atomic E-state index is 16.1. The minimum atomic E-state index is -4.51. The number of aromatic nitrogens is 2. The summed E-state index contributed by atoms with van der Waals surface area (Å²) in [7, 11) is -2.42. The summed E-state index contributed by atoms with van der Waals surface area (Å²) in [6.45, 7) is 4.97. The molecule has 0 amide bonds. The molecule has 1 saturated heterocycles. The Hall–Kier alpha value is -4.07. The lowest BCUT2D eigenvalue weighted by atomic mass is 9.97. The van der Waals surface area contributed by atoms with Crippen LogP contribution in [0.5, 0.6) is 5.75 Å². The molecule has 14 heteroatoms. The van der Waals surface area contributed by atoms with Crippen LogP contribution in [0.25, 0.3) is 22.0 Å². The number of carbonyl (C=O) groups excluding carboxylic acids is 1. The number of anilines is 2. The number of hydrogen-bond acceptors (Lipinski definition) is 9. The van der Waals surface area contributed by atoms with Gasteiger partial charge in [0, 0.05) is 35.1 Å². The summed E-state index contributed by atoms with van der Waals surface area (Å²) in [5.41, 5.74) is 0.991.